The number of aromatic nitrogens is 3. The molecular weight excluding hydrogens is 298 g/mol. The van der Waals surface area contributed by atoms with Crippen molar-refractivity contribution >= 4 is 0 Å². The van der Waals surface area contributed by atoms with Crippen molar-refractivity contribution in [2.75, 3.05) is 26.2 Å². The normalized spacial score (nSPS) is 35.7. The van der Waals surface area contributed by atoms with E-state index in [-0.39, 0.29) is 0 Å². The van der Waals surface area contributed by atoms with Crippen LogP contribution in [0.2, 0.25) is 0 Å². The van der Waals surface area contributed by atoms with Crippen LogP contribution in [0.4, 0.5) is 0 Å². The highest BCUT2D eigenvalue weighted by Gasteiger charge is 2.60. The molecule has 1 aromatic heterocycles. The molecule has 4 aliphatic rings. The number of hydrogen-bond acceptors (Lipinski definition) is 4. The highest BCUT2D eigenvalue weighted by atomic mass is 15.3. The quantitative estimate of drug-likeness (QED) is 0.852. The smallest absolute Gasteiger partial charge is 0.147 e. The average molecular weight is 325 g/mol. The van der Waals surface area contributed by atoms with E-state index < -0.39 is 0 Å². The summed E-state index contributed by atoms with van der Waals surface area (Å²) in [6.07, 6.45) is 10.00. The zero-order valence-corrected chi connectivity index (χ0v) is 14.8. The summed E-state index contributed by atoms with van der Waals surface area (Å²) >= 11 is 0. The Morgan fingerprint density at radius 1 is 1.29 bits per heavy atom. The summed E-state index contributed by atoms with van der Waals surface area (Å²) in [4.78, 5) is 5.18. The van der Waals surface area contributed by atoms with Crippen LogP contribution < -0.4 is 0 Å². The first-order valence-electron chi connectivity index (χ1n) is 9.43. The van der Waals surface area contributed by atoms with Gasteiger partial charge in [0.1, 0.15) is 11.6 Å². The zero-order valence-electron chi connectivity index (χ0n) is 14.8. The first-order chi connectivity index (χ1) is 11.7. The van der Waals surface area contributed by atoms with Crippen molar-refractivity contribution in [2.24, 2.45) is 11.3 Å². The number of allylic oxidation sites excluding steroid dienone is 1. The van der Waals surface area contributed by atoms with Crippen molar-refractivity contribution in [3.8, 4) is 0 Å². The minimum absolute atomic E-state index is 0.511. The molecule has 1 saturated carbocycles. The van der Waals surface area contributed by atoms with Crippen molar-refractivity contribution in [3.05, 3.63) is 35.4 Å². The second kappa shape index (κ2) is 5.27. The minimum atomic E-state index is 0.511. The molecule has 3 atom stereocenters. The lowest BCUT2D eigenvalue weighted by atomic mass is 9.88. The number of hydrogen-bond donors (Lipinski definition) is 0. The van der Waals surface area contributed by atoms with Crippen LogP contribution in [-0.4, -0.2) is 56.8 Å². The third-order valence-corrected chi connectivity index (χ3v) is 6.75. The van der Waals surface area contributed by atoms with Crippen LogP contribution in [-0.2, 0) is 13.1 Å². The van der Waals surface area contributed by atoms with Gasteiger partial charge in [0.05, 0.1) is 6.54 Å². The monoisotopic (exact) mass is 325 g/mol. The Morgan fingerprint density at radius 2 is 2.21 bits per heavy atom. The molecule has 1 saturated heterocycles. The van der Waals surface area contributed by atoms with Gasteiger partial charge in [-0.05, 0) is 37.8 Å². The van der Waals surface area contributed by atoms with E-state index in [0.717, 1.165) is 43.6 Å². The van der Waals surface area contributed by atoms with E-state index in [2.05, 4.69) is 49.7 Å². The molecule has 3 heterocycles. The number of nitrogens with zero attached hydrogens (tertiary/aromatic N) is 5. The van der Waals surface area contributed by atoms with Crippen LogP contribution in [0.15, 0.2) is 23.8 Å². The molecule has 2 aliphatic heterocycles. The topological polar surface area (TPSA) is 37.2 Å². The maximum Gasteiger partial charge on any atom is 0.147 e. The Morgan fingerprint density at radius 3 is 2.96 bits per heavy atom. The van der Waals surface area contributed by atoms with Gasteiger partial charge in [0.2, 0.25) is 0 Å². The Hall–Kier alpha value is -1.46. The van der Waals surface area contributed by atoms with E-state index in [9.17, 15) is 0 Å². The molecule has 0 bridgehead atoms. The third kappa shape index (κ3) is 2.14. The maximum atomic E-state index is 4.34. The lowest BCUT2D eigenvalue weighted by Gasteiger charge is -2.34. The lowest BCUT2D eigenvalue weighted by molar-refractivity contribution is 0.178. The van der Waals surface area contributed by atoms with E-state index >= 15 is 0 Å². The standard InChI is InChI=1S/C19H27N5/c1-3-22-11-16-10-19(16,13-22)15-4-6-17(7-5-15)23-8-9-24-14(2)20-21-18(24)12-23/h4-6,16-17H,3,7-13H2,1-2H3. The second-order valence-corrected chi connectivity index (χ2v) is 7.99. The summed E-state index contributed by atoms with van der Waals surface area (Å²) in [6.45, 7) is 11.2. The molecule has 24 heavy (non-hydrogen) atoms. The van der Waals surface area contributed by atoms with Gasteiger partial charge >= 0.3 is 0 Å². The number of piperidine rings is 1. The van der Waals surface area contributed by atoms with Gasteiger partial charge in [-0.15, -0.1) is 10.2 Å². The SMILES string of the molecule is CCN1CC2CC2(C2=CCC(N3CCn4c(C)nnc4C3)C=C2)C1. The largest absolute Gasteiger partial charge is 0.313 e. The molecule has 0 N–H and O–H groups in total. The molecule has 0 radical (unpaired) electrons. The fourth-order valence-electron chi connectivity index (χ4n) is 5.13. The average Bonchev–Trinajstić information content (AvgIpc) is 3.00. The van der Waals surface area contributed by atoms with Crippen LogP contribution in [0.1, 0.15) is 31.4 Å². The Balaban J connectivity index is 1.27. The van der Waals surface area contributed by atoms with E-state index in [4.69, 9.17) is 0 Å². The molecule has 3 unspecified atom stereocenters. The first kappa shape index (κ1) is 14.8. The molecule has 0 spiro atoms. The van der Waals surface area contributed by atoms with Crippen molar-refractivity contribution in [1.29, 1.82) is 0 Å². The Labute approximate surface area is 144 Å². The molecule has 0 aromatic carbocycles. The summed E-state index contributed by atoms with van der Waals surface area (Å²) in [7, 11) is 0. The Bertz CT molecular complexity index is 717. The van der Waals surface area contributed by atoms with Gasteiger partial charge < -0.3 is 9.47 Å². The van der Waals surface area contributed by atoms with Gasteiger partial charge in [-0.2, -0.15) is 0 Å². The molecule has 1 aromatic rings. The van der Waals surface area contributed by atoms with Crippen molar-refractivity contribution in [2.45, 2.75) is 45.8 Å². The van der Waals surface area contributed by atoms with E-state index in [0.29, 0.717) is 11.5 Å². The zero-order chi connectivity index (χ0) is 16.3. The van der Waals surface area contributed by atoms with Gasteiger partial charge in [-0.3, -0.25) is 4.90 Å². The highest BCUT2D eigenvalue weighted by Crippen LogP contribution is 2.62. The molecule has 5 heteroatoms. The summed E-state index contributed by atoms with van der Waals surface area (Å²) in [5.41, 5.74) is 2.13. The Kier molecular flexibility index (Phi) is 3.26. The number of fused-ring (bicyclic) bond motifs is 2. The number of aryl methyl sites for hydroxylation is 1. The van der Waals surface area contributed by atoms with Gasteiger partial charge in [-0.1, -0.05) is 25.2 Å². The number of rotatable bonds is 3. The maximum absolute atomic E-state index is 4.34. The van der Waals surface area contributed by atoms with Crippen LogP contribution >= 0.6 is 0 Å². The van der Waals surface area contributed by atoms with E-state index in [1.54, 1.807) is 5.57 Å². The highest BCUT2D eigenvalue weighted by molar-refractivity contribution is 5.40. The van der Waals surface area contributed by atoms with Gasteiger partial charge in [0.15, 0.2) is 0 Å². The molecule has 5 nitrogen and oxygen atoms in total. The summed E-state index contributed by atoms with van der Waals surface area (Å²) in [6, 6.07) is 0.525. The first-order valence-corrected chi connectivity index (χ1v) is 9.43. The van der Waals surface area contributed by atoms with E-state index in [1.807, 2.05) is 6.92 Å². The minimum Gasteiger partial charge on any atom is -0.313 e. The molecule has 2 fully saturated rings. The number of likely N-dealkylation sites (tertiary alicyclic amines) is 1. The van der Waals surface area contributed by atoms with Crippen LogP contribution in [0.3, 0.4) is 0 Å². The van der Waals surface area contributed by atoms with Gasteiger partial charge in [-0.25, -0.2) is 0 Å². The molecule has 2 aliphatic carbocycles. The second-order valence-electron chi connectivity index (χ2n) is 7.99. The predicted octanol–water partition coefficient (Wildman–Crippen LogP) is 2.00. The van der Waals surface area contributed by atoms with Crippen molar-refractivity contribution < 1.29 is 0 Å². The fourth-order valence-corrected chi connectivity index (χ4v) is 5.13. The lowest BCUT2D eigenvalue weighted by Crippen LogP contribution is -2.41. The van der Waals surface area contributed by atoms with Crippen LogP contribution in [0.25, 0.3) is 0 Å². The summed E-state index contributed by atoms with van der Waals surface area (Å²) < 4.78 is 2.26. The van der Waals surface area contributed by atoms with Crippen molar-refractivity contribution in [1.82, 2.24) is 24.6 Å². The predicted molar refractivity (Wildman–Crippen MR) is 93.5 cm³/mol. The molecule has 128 valence electrons. The fraction of sp³-hybridized carbons (Fsp3) is 0.684. The van der Waals surface area contributed by atoms with Crippen molar-refractivity contribution in [3.63, 3.8) is 0 Å². The van der Waals surface area contributed by atoms with Crippen LogP contribution in [0.5, 0.6) is 0 Å². The summed E-state index contributed by atoms with van der Waals surface area (Å²) in [5, 5.41) is 8.56. The summed E-state index contributed by atoms with van der Waals surface area (Å²) in [5.74, 6) is 3.09. The van der Waals surface area contributed by atoms with E-state index in [1.165, 1.54) is 26.1 Å². The third-order valence-electron chi connectivity index (χ3n) is 6.75. The van der Waals surface area contributed by atoms with Crippen LogP contribution in [0, 0.1) is 18.3 Å². The van der Waals surface area contributed by atoms with Gasteiger partial charge in [0, 0.05) is 37.6 Å². The molecule has 5 rings (SSSR count). The molecular formula is C19H27N5. The van der Waals surface area contributed by atoms with Gasteiger partial charge in [0.25, 0.3) is 0 Å². The molecule has 0 amide bonds.